The summed E-state index contributed by atoms with van der Waals surface area (Å²) in [6.45, 7) is 0.0914. The number of hydrogen-bond donors (Lipinski definition) is 1. The number of methoxy groups -OCH3 is 1. The van der Waals surface area contributed by atoms with Gasteiger partial charge in [-0.1, -0.05) is 0 Å². The Morgan fingerprint density at radius 1 is 1.64 bits per heavy atom. The predicted octanol–water partition coefficient (Wildman–Crippen LogP) is 1.82. The fourth-order valence-electron chi connectivity index (χ4n) is 1.11. The summed E-state index contributed by atoms with van der Waals surface area (Å²) in [4.78, 5) is 10.2. The van der Waals surface area contributed by atoms with Crippen LogP contribution in [0.5, 0.6) is 5.75 Å². The Balaban J connectivity index is 3.35. The van der Waals surface area contributed by atoms with Crippen LogP contribution < -0.4 is 10.5 Å². The molecule has 5 nitrogen and oxygen atoms in total. The molecule has 0 aromatic heterocycles. The molecule has 76 valence electrons. The molecule has 0 atom stereocenters. The van der Waals surface area contributed by atoms with Crippen LogP contribution in [0.1, 0.15) is 5.56 Å². The molecule has 0 aliphatic heterocycles. The fraction of sp³-hybridized carbons (Fsp3) is 0.250. The van der Waals surface area contributed by atoms with Crippen molar-refractivity contribution >= 4 is 21.6 Å². The second-order valence-electron chi connectivity index (χ2n) is 2.54. The minimum atomic E-state index is -0.466. The van der Waals surface area contributed by atoms with E-state index in [1.54, 1.807) is 0 Å². The van der Waals surface area contributed by atoms with Gasteiger partial charge in [0.1, 0.15) is 5.75 Å². The van der Waals surface area contributed by atoms with Crippen molar-refractivity contribution in [2.45, 2.75) is 6.54 Å². The number of nitro groups is 1. The topological polar surface area (TPSA) is 78.4 Å². The van der Waals surface area contributed by atoms with E-state index >= 15 is 0 Å². The van der Waals surface area contributed by atoms with Crippen LogP contribution in [0.25, 0.3) is 0 Å². The normalized spacial score (nSPS) is 9.93. The number of halogens is 1. The zero-order chi connectivity index (χ0) is 10.7. The van der Waals surface area contributed by atoms with Crippen LogP contribution in [-0.2, 0) is 6.54 Å². The summed E-state index contributed by atoms with van der Waals surface area (Å²) < 4.78 is 5.54. The molecule has 0 saturated carbocycles. The molecule has 0 saturated heterocycles. The van der Waals surface area contributed by atoms with Crippen LogP contribution in [0.3, 0.4) is 0 Å². The average Bonchev–Trinajstić information content (AvgIpc) is 2.17. The molecule has 0 radical (unpaired) electrons. The zero-order valence-corrected chi connectivity index (χ0v) is 9.08. The highest BCUT2D eigenvalue weighted by molar-refractivity contribution is 9.10. The van der Waals surface area contributed by atoms with E-state index in [1.165, 1.54) is 19.2 Å². The highest BCUT2D eigenvalue weighted by Crippen LogP contribution is 2.34. The van der Waals surface area contributed by atoms with E-state index in [-0.39, 0.29) is 12.2 Å². The predicted molar refractivity (Wildman–Crippen MR) is 55.2 cm³/mol. The minimum absolute atomic E-state index is 0.000162. The van der Waals surface area contributed by atoms with Gasteiger partial charge in [-0.2, -0.15) is 0 Å². The third-order valence-corrected chi connectivity index (χ3v) is 2.67. The Labute approximate surface area is 89.1 Å². The van der Waals surface area contributed by atoms with Crippen molar-refractivity contribution in [2.24, 2.45) is 5.73 Å². The SMILES string of the molecule is COc1ccc([N+](=O)[O-])c(CN)c1Br. The summed E-state index contributed by atoms with van der Waals surface area (Å²) in [5.74, 6) is 0.538. The lowest BCUT2D eigenvalue weighted by Gasteiger charge is -2.07. The number of nitrogens with two attached hydrogens (primary N) is 1. The van der Waals surface area contributed by atoms with Crippen molar-refractivity contribution in [1.29, 1.82) is 0 Å². The van der Waals surface area contributed by atoms with Gasteiger partial charge >= 0.3 is 0 Å². The molecule has 0 fully saturated rings. The first-order chi connectivity index (χ1) is 6.61. The molecule has 1 aromatic rings. The van der Waals surface area contributed by atoms with Crippen LogP contribution in [0, 0.1) is 10.1 Å². The standard InChI is InChI=1S/C8H9BrN2O3/c1-14-7-3-2-6(11(12)13)5(4-10)8(7)9/h2-3H,4,10H2,1H3. The van der Waals surface area contributed by atoms with E-state index in [9.17, 15) is 10.1 Å². The molecule has 0 aliphatic rings. The molecule has 0 heterocycles. The highest BCUT2D eigenvalue weighted by Gasteiger charge is 2.18. The van der Waals surface area contributed by atoms with Gasteiger partial charge in [-0.3, -0.25) is 10.1 Å². The molecule has 14 heavy (non-hydrogen) atoms. The summed E-state index contributed by atoms with van der Waals surface area (Å²) >= 11 is 3.21. The Morgan fingerprint density at radius 2 is 2.29 bits per heavy atom. The Kier molecular flexibility index (Phi) is 3.43. The lowest BCUT2D eigenvalue weighted by atomic mass is 10.1. The van der Waals surface area contributed by atoms with Crippen molar-refractivity contribution < 1.29 is 9.66 Å². The fourth-order valence-corrected chi connectivity index (χ4v) is 1.77. The van der Waals surface area contributed by atoms with Gasteiger partial charge in [-0.15, -0.1) is 0 Å². The Bertz CT molecular complexity index is 368. The molecule has 1 aromatic carbocycles. The molecular formula is C8H9BrN2O3. The maximum atomic E-state index is 10.6. The number of rotatable bonds is 3. The summed E-state index contributed by atoms with van der Waals surface area (Å²) in [5.41, 5.74) is 5.86. The Hall–Kier alpha value is -1.14. The molecular weight excluding hydrogens is 252 g/mol. The number of ether oxygens (including phenoxy) is 1. The molecule has 2 N–H and O–H groups in total. The van der Waals surface area contributed by atoms with E-state index in [4.69, 9.17) is 10.5 Å². The van der Waals surface area contributed by atoms with E-state index in [0.717, 1.165) is 0 Å². The summed E-state index contributed by atoms with van der Waals surface area (Å²) in [5, 5.41) is 10.6. The summed E-state index contributed by atoms with van der Waals surface area (Å²) in [7, 11) is 1.49. The van der Waals surface area contributed by atoms with Crippen LogP contribution in [0.4, 0.5) is 5.69 Å². The van der Waals surface area contributed by atoms with Gasteiger partial charge in [-0.05, 0) is 22.0 Å². The average molecular weight is 261 g/mol. The lowest BCUT2D eigenvalue weighted by Crippen LogP contribution is -2.03. The largest absolute Gasteiger partial charge is 0.496 e. The molecule has 0 amide bonds. The zero-order valence-electron chi connectivity index (χ0n) is 7.49. The first-order valence-electron chi connectivity index (χ1n) is 3.81. The van der Waals surface area contributed by atoms with E-state index < -0.39 is 4.92 Å². The maximum absolute atomic E-state index is 10.6. The van der Waals surface area contributed by atoms with Crippen LogP contribution >= 0.6 is 15.9 Å². The van der Waals surface area contributed by atoms with E-state index in [2.05, 4.69) is 15.9 Å². The molecule has 0 aliphatic carbocycles. The monoisotopic (exact) mass is 260 g/mol. The van der Waals surface area contributed by atoms with Crippen molar-refractivity contribution in [3.8, 4) is 5.75 Å². The van der Waals surface area contributed by atoms with Crippen molar-refractivity contribution in [3.05, 3.63) is 32.3 Å². The van der Waals surface area contributed by atoms with Crippen LogP contribution in [-0.4, -0.2) is 12.0 Å². The third kappa shape index (κ3) is 1.85. The maximum Gasteiger partial charge on any atom is 0.275 e. The van der Waals surface area contributed by atoms with Gasteiger partial charge in [0, 0.05) is 12.6 Å². The minimum Gasteiger partial charge on any atom is -0.496 e. The van der Waals surface area contributed by atoms with Gasteiger partial charge in [0.25, 0.3) is 5.69 Å². The van der Waals surface area contributed by atoms with E-state index in [0.29, 0.717) is 15.8 Å². The van der Waals surface area contributed by atoms with Crippen molar-refractivity contribution in [2.75, 3.05) is 7.11 Å². The smallest absolute Gasteiger partial charge is 0.275 e. The lowest BCUT2D eigenvalue weighted by molar-refractivity contribution is -0.385. The molecule has 1 rings (SSSR count). The van der Waals surface area contributed by atoms with Gasteiger partial charge in [0.15, 0.2) is 0 Å². The third-order valence-electron chi connectivity index (χ3n) is 1.80. The van der Waals surface area contributed by atoms with E-state index in [1.807, 2.05) is 0 Å². The number of nitrogens with zero attached hydrogens (tertiary/aromatic N) is 1. The first-order valence-corrected chi connectivity index (χ1v) is 4.61. The number of hydrogen-bond acceptors (Lipinski definition) is 4. The second kappa shape index (κ2) is 4.39. The highest BCUT2D eigenvalue weighted by atomic mass is 79.9. The quantitative estimate of drug-likeness (QED) is 0.664. The summed E-state index contributed by atoms with van der Waals surface area (Å²) in [6, 6.07) is 2.91. The molecule has 0 unspecified atom stereocenters. The molecule has 0 bridgehead atoms. The van der Waals surface area contributed by atoms with Crippen molar-refractivity contribution in [1.82, 2.24) is 0 Å². The summed E-state index contributed by atoms with van der Waals surface area (Å²) in [6.07, 6.45) is 0. The molecule has 6 heteroatoms. The van der Waals surface area contributed by atoms with Gasteiger partial charge in [0.05, 0.1) is 22.1 Å². The van der Waals surface area contributed by atoms with Gasteiger partial charge in [-0.25, -0.2) is 0 Å². The first kappa shape index (κ1) is 10.9. The van der Waals surface area contributed by atoms with Crippen LogP contribution in [0.15, 0.2) is 16.6 Å². The van der Waals surface area contributed by atoms with Gasteiger partial charge < -0.3 is 10.5 Å². The molecule has 0 spiro atoms. The number of nitro benzene ring substituents is 1. The number of benzene rings is 1. The van der Waals surface area contributed by atoms with Crippen molar-refractivity contribution in [3.63, 3.8) is 0 Å². The second-order valence-corrected chi connectivity index (χ2v) is 3.33. The van der Waals surface area contributed by atoms with Gasteiger partial charge in [0.2, 0.25) is 0 Å². The Morgan fingerprint density at radius 3 is 2.71 bits per heavy atom. The van der Waals surface area contributed by atoms with Crippen LogP contribution in [0.2, 0.25) is 0 Å².